The number of amidine groups is 1. The van der Waals surface area contributed by atoms with Crippen molar-refractivity contribution in [2.45, 2.75) is 0 Å². The molecule has 0 spiro atoms. The summed E-state index contributed by atoms with van der Waals surface area (Å²) in [7, 11) is 0. The Kier molecular flexibility index (Phi) is 3.87. The van der Waals surface area contributed by atoms with Crippen LogP contribution in [0.4, 0.5) is 0 Å². The van der Waals surface area contributed by atoms with E-state index < -0.39 is 5.84 Å². The van der Waals surface area contributed by atoms with Gasteiger partial charge in [0.05, 0.1) is 0 Å². The fourth-order valence-corrected chi connectivity index (χ4v) is 0.256. The lowest BCUT2D eigenvalue weighted by Crippen LogP contribution is -2.21. The van der Waals surface area contributed by atoms with Crippen molar-refractivity contribution in [3.8, 4) is 12.1 Å². The van der Waals surface area contributed by atoms with E-state index in [4.69, 9.17) is 21.7 Å². The van der Waals surface area contributed by atoms with E-state index in [1.54, 1.807) is 6.07 Å². The Hall–Kier alpha value is -2.08. The van der Waals surface area contributed by atoms with Crippen LogP contribution in [0, 0.1) is 28.1 Å². The first-order valence-corrected chi connectivity index (χ1v) is 2.53. The van der Waals surface area contributed by atoms with Crippen molar-refractivity contribution in [3.63, 3.8) is 0 Å². The van der Waals surface area contributed by atoms with E-state index in [9.17, 15) is 0 Å². The van der Waals surface area contributed by atoms with Crippen LogP contribution in [-0.2, 0) is 4.84 Å². The Morgan fingerprint density at radius 1 is 1.64 bits per heavy atom. The van der Waals surface area contributed by atoms with E-state index in [-0.39, 0.29) is 12.3 Å². The van der Waals surface area contributed by atoms with Crippen molar-refractivity contribution in [3.05, 3.63) is 0 Å². The maximum atomic E-state index is 8.23. The van der Waals surface area contributed by atoms with Crippen molar-refractivity contribution < 1.29 is 4.84 Å². The Balaban J connectivity index is 4.08. The summed E-state index contributed by atoms with van der Waals surface area (Å²) in [6.07, 6.45) is 0. The molecule has 0 fully saturated rings. The topological polar surface area (TPSA) is 119 Å². The average Bonchev–Trinajstić information content (AvgIpc) is 1.97. The third kappa shape index (κ3) is 3.49. The normalized spacial score (nSPS) is 9.45. The van der Waals surface area contributed by atoms with Gasteiger partial charge >= 0.3 is 0 Å². The largest absolute Gasteiger partial charge is 0.382 e. The lowest BCUT2D eigenvalue weighted by Gasteiger charge is -1.91. The van der Waals surface area contributed by atoms with Gasteiger partial charge in [0.25, 0.3) is 0 Å². The summed E-state index contributed by atoms with van der Waals surface area (Å²) < 4.78 is 0. The van der Waals surface area contributed by atoms with Gasteiger partial charge in [-0.1, -0.05) is 5.16 Å². The first-order chi connectivity index (χ1) is 5.22. The van der Waals surface area contributed by atoms with Crippen LogP contribution in [0.15, 0.2) is 5.16 Å². The average molecular weight is 151 g/mol. The van der Waals surface area contributed by atoms with E-state index in [2.05, 4.69) is 9.99 Å². The first-order valence-electron chi connectivity index (χ1n) is 2.53. The summed E-state index contributed by atoms with van der Waals surface area (Å²) in [6.45, 7) is -0.265. The molecule has 0 saturated carbocycles. The van der Waals surface area contributed by atoms with Crippen LogP contribution in [0.3, 0.4) is 0 Å². The highest BCUT2D eigenvalue weighted by Crippen LogP contribution is 1.79. The molecule has 0 bridgehead atoms. The van der Waals surface area contributed by atoms with Crippen molar-refractivity contribution in [1.82, 2.24) is 0 Å². The van der Waals surface area contributed by atoms with Gasteiger partial charge in [0.1, 0.15) is 12.1 Å². The molecule has 11 heavy (non-hydrogen) atoms. The van der Waals surface area contributed by atoms with Crippen LogP contribution in [0.5, 0.6) is 0 Å². The number of hydrogen-bond donors (Lipinski definition) is 2. The predicted octanol–water partition coefficient (Wildman–Crippen LogP) is -0.658. The molecule has 0 aliphatic rings. The van der Waals surface area contributed by atoms with Gasteiger partial charge in [-0.25, -0.2) is 0 Å². The van der Waals surface area contributed by atoms with Crippen molar-refractivity contribution in [2.75, 3.05) is 6.61 Å². The fourth-order valence-electron chi connectivity index (χ4n) is 0.256. The van der Waals surface area contributed by atoms with Gasteiger partial charge < -0.3 is 10.6 Å². The summed E-state index contributed by atoms with van der Waals surface area (Å²) in [5, 5.41) is 26.1. The van der Waals surface area contributed by atoms with Crippen LogP contribution < -0.4 is 5.73 Å². The molecule has 0 aliphatic heterocycles. The fraction of sp³-hybridized carbons (Fsp3) is 0.200. The summed E-state index contributed by atoms with van der Waals surface area (Å²) >= 11 is 0. The van der Waals surface area contributed by atoms with Crippen LogP contribution in [0.2, 0.25) is 0 Å². The quantitative estimate of drug-likeness (QED) is 0.241. The zero-order valence-electron chi connectivity index (χ0n) is 5.53. The number of hydrogen-bond acceptors (Lipinski definition) is 5. The molecule has 56 valence electrons. The molecule has 0 saturated heterocycles. The predicted molar refractivity (Wildman–Crippen MR) is 36.5 cm³/mol. The van der Waals surface area contributed by atoms with E-state index >= 15 is 0 Å². The summed E-state index contributed by atoms with van der Waals surface area (Å²) in [6, 6.07) is 3.16. The zero-order valence-corrected chi connectivity index (χ0v) is 5.53. The number of rotatable bonds is 3. The van der Waals surface area contributed by atoms with Gasteiger partial charge in [0.2, 0.25) is 12.3 Å². The number of oxime groups is 1. The number of nitriles is 2. The number of nitrogens with one attached hydrogen (secondary N) is 1. The molecule has 6 nitrogen and oxygen atoms in total. The molecule has 6 heteroatoms. The SMILES string of the molecule is N#CCON=C(C#N)C(=N)N. The van der Waals surface area contributed by atoms with E-state index in [0.29, 0.717) is 0 Å². The second-order valence-electron chi connectivity index (χ2n) is 1.40. The Morgan fingerprint density at radius 3 is 2.64 bits per heavy atom. The van der Waals surface area contributed by atoms with E-state index in [0.717, 1.165) is 0 Å². The summed E-state index contributed by atoms with van der Waals surface area (Å²) in [4.78, 5) is 4.28. The Morgan fingerprint density at radius 2 is 2.27 bits per heavy atom. The van der Waals surface area contributed by atoms with E-state index in [1.807, 2.05) is 0 Å². The van der Waals surface area contributed by atoms with Crippen LogP contribution in [-0.4, -0.2) is 18.2 Å². The minimum atomic E-state index is -0.481. The Labute approximate surface area is 63.0 Å². The van der Waals surface area contributed by atoms with Gasteiger partial charge in [-0.15, -0.1) is 0 Å². The highest BCUT2D eigenvalue weighted by molar-refractivity contribution is 6.45. The highest BCUT2D eigenvalue weighted by Gasteiger charge is 2.00. The van der Waals surface area contributed by atoms with E-state index in [1.165, 1.54) is 6.07 Å². The molecule has 0 unspecified atom stereocenters. The molecule has 0 aromatic carbocycles. The molecule has 0 amide bonds. The molecule has 0 aliphatic carbocycles. The Bertz CT molecular complexity index is 255. The van der Waals surface area contributed by atoms with Crippen molar-refractivity contribution in [1.29, 1.82) is 15.9 Å². The van der Waals surface area contributed by atoms with Gasteiger partial charge in [0.15, 0.2) is 5.84 Å². The maximum Gasteiger partial charge on any atom is 0.220 e. The smallest absolute Gasteiger partial charge is 0.220 e. The summed E-state index contributed by atoms with van der Waals surface area (Å²) in [5.74, 6) is -0.481. The first kappa shape index (κ1) is 8.92. The molecular formula is C5H5N5O. The monoisotopic (exact) mass is 151 g/mol. The summed E-state index contributed by atoms with van der Waals surface area (Å²) in [5.41, 5.74) is 4.56. The second-order valence-corrected chi connectivity index (χ2v) is 1.40. The van der Waals surface area contributed by atoms with Gasteiger partial charge in [-0.2, -0.15) is 10.5 Å². The van der Waals surface area contributed by atoms with Crippen molar-refractivity contribution in [2.24, 2.45) is 10.9 Å². The van der Waals surface area contributed by atoms with Crippen LogP contribution in [0.25, 0.3) is 0 Å². The molecule has 0 aromatic rings. The lowest BCUT2D eigenvalue weighted by molar-refractivity contribution is 0.179. The lowest BCUT2D eigenvalue weighted by atomic mass is 10.4. The molecule has 0 heterocycles. The minimum Gasteiger partial charge on any atom is -0.382 e. The maximum absolute atomic E-state index is 8.23. The third-order valence-corrected chi connectivity index (χ3v) is 0.646. The standard InChI is InChI=1S/C5H5N5O/c6-1-2-11-10-4(3-7)5(8)9/h2H2,(H3,8,9). The highest BCUT2D eigenvalue weighted by atomic mass is 16.6. The second kappa shape index (κ2) is 4.77. The van der Waals surface area contributed by atoms with Crippen LogP contribution >= 0.6 is 0 Å². The van der Waals surface area contributed by atoms with Gasteiger partial charge in [-0.3, -0.25) is 5.41 Å². The molecule has 0 atom stereocenters. The zero-order chi connectivity index (χ0) is 8.69. The van der Waals surface area contributed by atoms with Crippen molar-refractivity contribution >= 4 is 11.5 Å². The molecule has 3 N–H and O–H groups in total. The minimum absolute atomic E-state index is 0.265. The van der Waals surface area contributed by atoms with Gasteiger partial charge in [0, 0.05) is 0 Å². The molecule has 0 aromatic heterocycles. The van der Waals surface area contributed by atoms with Gasteiger partial charge in [-0.05, 0) is 0 Å². The number of nitrogens with two attached hydrogens (primary N) is 1. The third-order valence-electron chi connectivity index (χ3n) is 0.646. The van der Waals surface area contributed by atoms with Crippen LogP contribution in [0.1, 0.15) is 0 Å². The molecule has 0 rings (SSSR count). The molecule has 0 radical (unpaired) electrons. The molecular weight excluding hydrogens is 146 g/mol. The number of nitrogens with zero attached hydrogens (tertiary/aromatic N) is 3.